The Labute approximate surface area is 130 Å². The normalized spacial score (nSPS) is 12.9. The minimum atomic E-state index is -0.947. The van der Waals surface area contributed by atoms with Gasteiger partial charge in [-0.1, -0.05) is 83.6 Å². The van der Waals surface area contributed by atoms with Gasteiger partial charge in [0.25, 0.3) is 0 Å². The third-order valence-electron chi connectivity index (χ3n) is 3.81. The van der Waals surface area contributed by atoms with Gasteiger partial charge in [-0.2, -0.15) is 0 Å². The molecular weight excluding hydrogens is 264 g/mol. The number of carbonyl (C=O) groups is 1. The van der Waals surface area contributed by atoms with Crippen molar-refractivity contribution in [3.63, 3.8) is 0 Å². The Morgan fingerprint density at radius 2 is 1.38 bits per heavy atom. The molecule has 0 aliphatic carbocycles. The van der Waals surface area contributed by atoms with Crippen molar-refractivity contribution in [1.82, 2.24) is 0 Å². The Kier molecular flexibility index (Phi) is 14.9. The molecule has 0 bridgehead atoms. The Balaban J connectivity index is 3.19. The first-order valence-electron chi connectivity index (χ1n) is 8.74. The highest BCUT2D eigenvalue weighted by atomic mass is 16.4. The molecule has 0 saturated carbocycles. The minimum Gasteiger partial charge on any atom is -0.478 e. The van der Waals surface area contributed by atoms with E-state index in [4.69, 9.17) is 5.11 Å². The standard InChI is InChI=1S/C18H34O3/c1-2-3-4-5-6-7-8-9-10-11-12-14-17(19)15-13-16-18(20)21/h13,16-17,19H,2-12,14-15H2,1H3,(H,20,21). The fourth-order valence-electron chi connectivity index (χ4n) is 2.49. The van der Waals surface area contributed by atoms with Crippen LogP contribution in [0.1, 0.15) is 90.4 Å². The lowest BCUT2D eigenvalue weighted by Gasteiger charge is -2.07. The summed E-state index contributed by atoms with van der Waals surface area (Å²) in [6.45, 7) is 2.25. The summed E-state index contributed by atoms with van der Waals surface area (Å²) in [5.41, 5.74) is 0. The molecule has 1 unspecified atom stereocenters. The highest BCUT2D eigenvalue weighted by Crippen LogP contribution is 2.13. The lowest BCUT2D eigenvalue weighted by molar-refractivity contribution is -0.131. The Morgan fingerprint density at radius 3 is 1.86 bits per heavy atom. The van der Waals surface area contributed by atoms with Gasteiger partial charge in [0.2, 0.25) is 0 Å². The molecule has 0 rings (SSSR count). The molecule has 2 N–H and O–H groups in total. The van der Waals surface area contributed by atoms with Gasteiger partial charge >= 0.3 is 5.97 Å². The summed E-state index contributed by atoms with van der Waals surface area (Å²) in [4.78, 5) is 10.3. The molecule has 21 heavy (non-hydrogen) atoms. The van der Waals surface area contributed by atoms with Crippen molar-refractivity contribution in [3.05, 3.63) is 12.2 Å². The zero-order valence-electron chi connectivity index (χ0n) is 13.7. The second-order valence-electron chi connectivity index (χ2n) is 5.95. The molecule has 3 nitrogen and oxygen atoms in total. The summed E-state index contributed by atoms with van der Waals surface area (Å²) in [6.07, 6.45) is 17.8. The SMILES string of the molecule is CCCCCCCCCCCCCC(O)CC=CC(=O)O. The molecule has 0 spiro atoms. The van der Waals surface area contributed by atoms with Crippen LogP contribution >= 0.6 is 0 Å². The molecule has 0 fully saturated rings. The van der Waals surface area contributed by atoms with Crippen molar-refractivity contribution >= 4 is 5.97 Å². The molecule has 0 radical (unpaired) electrons. The fourth-order valence-corrected chi connectivity index (χ4v) is 2.49. The fraction of sp³-hybridized carbons (Fsp3) is 0.833. The van der Waals surface area contributed by atoms with E-state index in [9.17, 15) is 9.90 Å². The van der Waals surface area contributed by atoms with Crippen LogP contribution in [-0.2, 0) is 4.79 Å². The number of aliphatic hydroxyl groups excluding tert-OH is 1. The summed E-state index contributed by atoms with van der Waals surface area (Å²) in [7, 11) is 0. The number of hydrogen-bond acceptors (Lipinski definition) is 2. The second-order valence-corrected chi connectivity index (χ2v) is 5.95. The largest absolute Gasteiger partial charge is 0.478 e. The Morgan fingerprint density at radius 1 is 0.905 bits per heavy atom. The minimum absolute atomic E-state index is 0.390. The molecular formula is C18H34O3. The zero-order valence-corrected chi connectivity index (χ0v) is 13.7. The van der Waals surface area contributed by atoms with Crippen LogP contribution in [0.2, 0.25) is 0 Å². The summed E-state index contributed by atoms with van der Waals surface area (Å²) < 4.78 is 0. The van der Waals surface area contributed by atoms with Crippen LogP contribution in [0.25, 0.3) is 0 Å². The molecule has 0 aliphatic heterocycles. The van der Waals surface area contributed by atoms with E-state index in [2.05, 4.69) is 6.92 Å². The van der Waals surface area contributed by atoms with Crippen LogP contribution in [-0.4, -0.2) is 22.3 Å². The molecule has 124 valence electrons. The summed E-state index contributed by atoms with van der Waals surface area (Å²) in [5, 5.41) is 18.1. The maximum absolute atomic E-state index is 10.3. The van der Waals surface area contributed by atoms with Crippen molar-refractivity contribution in [2.24, 2.45) is 0 Å². The summed E-state index contributed by atoms with van der Waals surface area (Å²) >= 11 is 0. The van der Waals surface area contributed by atoms with E-state index < -0.39 is 5.97 Å². The molecule has 0 aliphatic rings. The first-order chi connectivity index (χ1) is 10.2. The van der Waals surface area contributed by atoms with Gasteiger partial charge in [0.15, 0.2) is 0 Å². The van der Waals surface area contributed by atoms with Crippen molar-refractivity contribution in [3.8, 4) is 0 Å². The number of aliphatic carboxylic acids is 1. The second kappa shape index (κ2) is 15.6. The zero-order chi connectivity index (χ0) is 15.8. The van der Waals surface area contributed by atoms with Crippen LogP contribution in [0.3, 0.4) is 0 Å². The van der Waals surface area contributed by atoms with Crippen LogP contribution in [0.15, 0.2) is 12.2 Å². The molecule has 0 aromatic heterocycles. The predicted octanol–water partition coefficient (Wildman–Crippen LogP) is 5.08. The van der Waals surface area contributed by atoms with Gasteiger partial charge in [0, 0.05) is 6.08 Å². The summed E-state index contributed by atoms with van der Waals surface area (Å²) in [5.74, 6) is -0.947. The van der Waals surface area contributed by atoms with Crippen LogP contribution in [0.4, 0.5) is 0 Å². The van der Waals surface area contributed by atoms with Gasteiger partial charge in [0.1, 0.15) is 0 Å². The van der Waals surface area contributed by atoms with Gasteiger partial charge in [-0.3, -0.25) is 0 Å². The molecule has 1 atom stereocenters. The van der Waals surface area contributed by atoms with Crippen molar-refractivity contribution < 1.29 is 15.0 Å². The van der Waals surface area contributed by atoms with E-state index >= 15 is 0 Å². The van der Waals surface area contributed by atoms with Crippen LogP contribution < -0.4 is 0 Å². The molecule has 0 amide bonds. The lowest BCUT2D eigenvalue weighted by Crippen LogP contribution is -2.04. The van der Waals surface area contributed by atoms with Gasteiger partial charge in [0.05, 0.1) is 6.10 Å². The van der Waals surface area contributed by atoms with Crippen LogP contribution in [0, 0.1) is 0 Å². The number of unbranched alkanes of at least 4 members (excludes halogenated alkanes) is 10. The third-order valence-corrected chi connectivity index (χ3v) is 3.81. The van der Waals surface area contributed by atoms with Crippen LogP contribution in [0.5, 0.6) is 0 Å². The van der Waals surface area contributed by atoms with E-state index in [1.54, 1.807) is 0 Å². The maximum Gasteiger partial charge on any atom is 0.327 e. The Hall–Kier alpha value is -0.830. The smallest absolute Gasteiger partial charge is 0.327 e. The molecule has 0 saturated heterocycles. The van der Waals surface area contributed by atoms with E-state index in [0.29, 0.717) is 6.42 Å². The third kappa shape index (κ3) is 17.1. The number of carboxylic acids is 1. The first-order valence-corrected chi connectivity index (χ1v) is 8.74. The average molecular weight is 298 g/mol. The van der Waals surface area contributed by atoms with Crippen molar-refractivity contribution in [1.29, 1.82) is 0 Å². The number of hydrogen-bond donors (Lipinski definition) is 2. The lowest BCUT2D eigenvalue weighted by atomic mass is 10.0. The number of carboxylic acid groups (broad SMARTS) is 1. The molecule has 3 heteroatoms. The van der Waals surface area contributed by atoms with E-state index in [1.165, 1.54) is 70.3 Å². The van der Waals surface area contributed by atoms with Crippen molar-refractivity contribution in [2.75, 3.05) is 0 Å². The Bertz CT molecular complexity index is 261. The van der Waals surface area contributed by atoms with Gasteiger partial charge < -0.3 is 10.2 Å². The first kappa shape index (κ1) is 20.2. The van der Waals surface area contributed by atoms with Crippen molar-refractivity contribution in [2.45, 2.75) is 96.5 Å². The number of aliphatic hydroxyl groups is 1. The number of rotatable bonds is 15. The maximum atomic E-state index is 10.3. The van der Waals surface area contributed by atoms with Gasteiger partial charge in [-0.15, -0.1) is 0 Å². The molecule has 0 aromatic carbocycles. The van der Waals surface area contributed by atoms with Gasteiger partial charge in [-0.25, -0.2) is 4.79 Å². The highest BCUT2D eigenvalue weighted by molar-refractivity contribution is 5.79. The van der Waals surface area contributed by atoms with Gasteiger partial charge in [-0.05, 0) is 12.8 Å². The monoisotopic (exact) mass is 298 g/mol. The topological polar surface area (TPSA) is 57.5 Å². The summed E-state index contributed by atoms with van der Waals surface area (Å²) in [6, 6.07) is 0. The van der Waals surface area contributed by atoms with E-state index in [1.807, 2.05) is 0 Å². The van der Waals surface area contributed by atoms with E-state index in [-0.39, 0.29) is 6.10 Å². The highest BCUT2D eigenvalue weighted by Gasteiger charge is 2.01. The molecule has 0 aromatic rings. The average Bonchev–Trinajstić information content (AvgIpc) is 2.44. The predicted molar refractivity (Wildman–Crippen MR) is 88.5 cm³/mol. The van der Waals surface area contributed by atoms with E-state index in [0.717, 1.165) is 18.9 Å². The quantitative estimate of drug-likeness (QED) is 0.327. The molecule has 0 heterocycles.